The van der Waals surface area contributed by atoms with Gasteiger partial charge in [0.15, 0.2) is 0 Å². The zero-order valence-electron chi connectivity index (χ0n) is 10.1. The molecule has 0 unspecified atom stereocenters. The lowest BCUT2D eigenvalue weighted by molar-refractivity contribution is 0.763. The monoisotopic (exact) mass is 231 g/mol. The van der Waals surface area contributed by atoms with Gasteiger partial charge in [0.05, 0.1) is 5.52 Å². The number of nitrogens with two attached hydrogens (primary N) is 1. The van der Waals surface area contributed by atoms with Gasteiger partial charge in [0.1, 0.15) is 12.1 Å². The van der Waals surface area contributed by atoms with E-state index in [2.05, 4.69) is 20.2 Å². The maximum Gasteiger partial charge on any atom is 0.139 e. The molecule has 0 fully saturated rings. The fourth-order valence-corrected chi connectivity index (χ4v) is 1.75. The van der Waals surface area contributed by atoms with Crippen LogP contribution in [0.25, 0.3) is 10.9 Å². The van der Waals surface area contributed by atoms with E-state index in [0.717, 1.165) is 35.5 Å². The summed E-state index contributed by atoms with van der Waals surface area (Å²) in [6.45, 7) is 1.79. The number of fused-ring (bicyclic) bond motifs is 1. The van der Waals surface area contributed by atoms with E-state index >= 15 is 0 Å². The zero-order valence-corrected chi connectivity index (χ0v) is 10.1. The topological polar surface area (TPSA) is 67.1 Å². The molecule has 0 radical (unpaired) electrons. The first-order chi connectivity index (χ1) is 8.22. The minimum Gasteiger partial charge on any atom is -0.399 e. The highest BCUT2D eigenvalue weighted by molar-refractivity contribution is 5.91. The maximum atomic E-state index is 5.81. The molecule has 2 aromatic rings. The van der Waals surface area contributed by atoms with Crippen LogP contribution in [0.1, 0.15) is 0 Å². The summed E-state index contributed by atoms with van der Waals surface area (Å²) < 4.78 is 0. The Labute approximate surface area is 101 Å². The molecule has 0 saturated carbocycles. The Morgan fingerprint density at radius 1 is 1.35 bits per heavy atom. The quantitative estimate of drug-likeness (QED) is 0.764. The molecule has 2 rings (SSSR count). The zero-order chi connectivity index (χ0) is 12.3. The van der Waals surface area contributed by atoms with Crippen LogP contribution in [0, 0.1) is 0 Å². The summed E-state index contributed by atoms with van der Waals surface area (Å²) in [5.41, 5.74) is 7.46. The van der Waals surface area contributed by atoms with Crippen LogP contribution in [0.2, 0.25) is 0 Å². The van der Waals surface area contributed by atoms with E-state index in [1.54, 1.807) is 6.33 Å². The van der Waals surface area contributed by atoms with Crippen molar-refractivity contribution in [3.05, 3.63) is 24.5 Å². The molecule has 1 aromatic carbocycles. The number of likely N-dealkylation sites (N-methyl/N-ethyl adjacent to an activating group) is 2. The SMILES string of the molecule is CNCCN(C)c1ncnc2ccc(N)cc12. The number of nitrogens with zero attached hydrogens (tertiary/aromatic N) is 3. The third-order valence-electron chi connectivity index (χ3n) is 2.70. The van der Waals surface area contributed by atoms with Crippen LogP contribution >= 0.6 is 0 Å². The molecule has 3 N–H and O–H groups in total. The van der Waals surface area contributed by atoms with Gasteiger partial charge in [-0.3, -0.25) is 0 Å². The van der Waals surface area contributed by atoms with Crippen LogP contribution in [-0.2, 0) is 0 Å². The molecule has 90 valence electrons. The first kappa shape index (κ1) is 11.6. The van der Waals surface area contributed by atoms with Gasteiger partial charge in [-0.15, -0.1) is 0 Å². The highest BCUT2D eigenvalue weighted by Gasteiger charge is 2.08. The standard InChI is InChI=1S/C12H17N5/c1-14-5-6-17(2)12-10-7-9(13)3-4-11(10)15-8-16-12/h3-4,7-8,14H,5-6,13H2,1-2H3. The Balaban J connectivity index is 2.42. The summed E-state index contributed by atoms with van der Waals surface area (Å²) in [4.78, 5) is 10.7. The van der Waals surface area contributed by atoms with E-state index in [-0.39, 0.29) is 0 Å². The van der Waals surface area contributed by atoms with Crippen LogP contribution in [-0.4, -0.2) is 37.2 Å². The van der Waals surface area contributed by atoms with Crippen LogP contribution in [0.4, 0.5) is 11.5 Å². The minimum absolute atomic E-state index is 0.732. The van der Waals surface area contributed by atoms with Crippen LogP contribution in [0.5, 0.6) is 0 Å². The predicted octanol–water partition coefficient (Wildman–Crippen LogP) is 0.868. The molecule has 0 saturated heterocycles. The first-order valence-corrected chi connectivity index (χ1v) is 5.58. The molecule has 0 aliphatic carbocycles. The predicted molar refractivity (Wildman–Crippen MR) is 71.1 cm³/mol. The summed E-state index contributed by atoms with van der Waals surface area (Å²) in [5, 5.41) is 4.11. The molecule has 0 aliphatic rings. The second kappa shape index (κ2) is 4.97. The highest BCUT2D eigenvalue weighted by Crippen LogP contribution is 2.23. The first-order valence-electron chi connectivity index (χ1n) is 5.58. The summed E-state index contributed by atoms with van der Waals surface area (Å²) in [7, 11) is 3.95. The Kier molecular flexibility index (Phi) is 3.39. The van der Waals surface area contributed by atoms with E-state index in [1.165, 1.54) is 0 Å². The van der Waals surface area contributed by atoms with Crippen LogP contribution in [0.15, 0.2) is 24.5 Å². The van der Waals surface area contributed by atoms with Gasteiger partial charge >= 0.3 is 0 Å². The Morgan fingerprint density at radius 2 is 2.18 bits per heavy atom. The van der Waals surface area contributed by atoms with Gasteiger partial charge in [-0.25, -0.2) is 9.97 Å². The number of nitrogens with one attached hydrogen (secondary N) is 1. The number of benzene rings is 1. The van der Waals surface area contributed by atoms with Gasteiger partial charge < -0.3 is 16.0 Å². The van der Waals surface area contributed by atoms with Gasteiger partial charge in [0.2, 0.25) is 0 Å². The van der Waals surface area contributed by atoms with Crippen LogP contribution in [0.3, 0.4) is 0 Å². The summed E-state index contributed by atoms with van der Waals surface area (Å²) in [6.07, 6.45) is 1.59. The van der Waals surface area contributed by atoms with Crippen LogP contribution < -0.4 is 16.0 Å². The van der Waals surface area contributed by atoms with Crippen molar-refractivity contribution in [3.63, 3.8) is 0 Å². The Bertz CT molecular complexity index is 511. The van der Waals surface area contributed by atoms with Gasteiger partial charge in [-0.05, 0) is 25.2 Å². The third kappa shape index (κ3) is 2.45. The van der Waals surface area contributed by atoms with Crippen molar-refractivity contribution in [3.8, 4) is 0 Å². The van der Waals surface area contributed by atoms with E-state index in [0.29, 0.717) is 0 Å². The lowest BCUT2D eigenvalue weighted by Gasteiger charge is -2.19. The minimum atomic E-state index is 0.732. The number of anilines is 2. The molecule has 0 amide bonds. The normalized spacial score (nSPS) is 10.7. The Morgan fingerprint density at radius 3 is 2.94 bits per heavy atom. The molecule has 1 heterocycles. The molecule has 5 nitrogen and oxygen atoms in total. The lowest BCUT2D eigenvalue weighted by Crippen LogP contribution is -2.27. The number of aromatic nitrogens is 2. The van der Waals surface area contributed by atoms with Gasteiger partial charge in [-0.2, -0.15) is 0 Å². The van der Waals surface area contributed by atoms with Crippen molar-refractivity contribution >= 4 is 22.4 Å². The van der Waals surface area contributed by atoms with Gasteiger partial charge in [-0.1, -0.05) is 0 Å². The molecule has 0 bridgehead atoms. The van der Waals surface area contributed by atoms with Crippen molar-refractivity contribution < 1.29 is 0 Å². The van der Waals surface area contributed by atoms with Gasteiger partial charge in [0.25, 0.3) is 0 Å². The fraction of sp³-hybridized carbons (Fsp3) is 0.333. The largest absolute Gasteiger partial charge is 0.399 e. The van der Waals surface area contributed by atoms with Crippen molar-refractivity contribution in [2.45, 2.75) is 0 Å². The average Bonchev–Trinajstić information content (AvgIpc) is 2.35. The second-order valence-corrected chi connectivity index (χ2v) is 4.00. The Hall–Kier alpha value is -1.88. The molecule has 5 heteroatoms. The van der Waals surface area contributed by atoms with E-state index in [1.807, 2.05) is 32.3 Å². The second-order valence-electron chi connectivity index (χ2n) is 4.00. The molecule has 0 spiro atoms. The smallest absolute Gasteiger partial charge is 0.139 e. The van der Waals surface area contributed by atoms with E-state index < -0.39 is 0 Å². The summed E-state index contributed by atoms with van der Waals surface area (Å²) in [5.74, 6) is 0.914. The third-order valence-corrected chi connectivity index (χ3v) is 2.70. The average molecular weight is 231 g/mol. The van der Waals surface area contributed by atoms with Crippen molar-refractivity contribution in [1.29, 1.82) is 0 Å². The molecular weight excluding hydrogens is 214 g/mol. The summed E-state index contributed by atoms with van der Waals surface area (Å²) >= 11 is 0. The van der Waals surface area contributed by atoms with E-state index in [4.69, 9.17) is 5.73 Å². The number of rotatable bonds is 4. The molecule has 1 aromatic heterocycles. The van der Waals surface area contributed by atoms with E-state index in [9.17, 15) is 0 Å². The highest BCUT2D eigenvalue weighted by atomic mass is 15.2. The molecule has 0 aliphatic heterocycles. The fourth-order valence-electron chi connectivity index (χ4n) is 1.75. The lowest BCUT2D eigenvalue weighted by atomic mass is 10.2. The van der Waals surface area contributed by atoms with Gasteiger partial charge in [0, 0.05) is 31.2 Å². The number of hydrogen-bond acceptors (Lipinski definition) is 5. The number of nitrogen functional groups attached to an aromatic ring is 1. The molecule has 17 heavy (non-hydrogen) atoms. The number of hydrogen-bond donors (Lipinski definition) is 2. The maximum absolute atomic E-state index is 5.81. The molecular formula is C12H17N5. The van der Waals surface area contributed by atoms with Crippen molar-refractivity contribution in [2.75, 3.05) is 37.8 Å². The summed E-state index contributed by atoms with van der Waals surface area (Å²) in [6, 6.07) is 5.69. The van der Waals surface area contributed by atoms with Crippen molar-refractivity contribution in [2.24, 2.45) is 0 Å². The molecule has 0 atom stereocenters. The van der Waals surface area contributed by atoms with Crippen molar-refractivity contribution in [1.82, 2.24) is 15.3 Å².